The monoisotopic (exact) mass is 235 g/mol. The van der Waals surface area contributed by atoms with Gasteiger partial charge in [0, 0.05) is 6.04 Å². The highest BCUT2D eigenvalue weighted by molar-refractivity contribution is 5.76. The van der Waals surface area contributed by atoms with Crippen LogP contribution in [-0.4, -0.2) is 18.6 Å². The van der Waals surface area contributed by atoms with Crippen molar-refractivity contribution in [2.45, 2.75) is 39.7 Å². The molecule has 1 N–H and O–H groups in total. The average molecular weight is 235 g/mol. The smallest absolute Gasteiger partial charge is 0.223 e. The van der Waals surface area contributed by atoms with Crippen molar-refractivity contribution >= 4 is 5.91 Å². The Labute approximate surface area is 103 Å². The van der Waals surface area contributed by atoms with Crippen molar-refractivity contribution in [3.05, 3.63) is 29.8 Å². The number of hydrogen-bond donors (Lipinski definition) is 1. The van der Waals surface area contributed by atoms with Crippen LogP contribution < -0.4 is 10.1 Å². The van der Waals surface area contributed by atoms with Gasteiger partial charge in [0.25, 0.3) is 0 Å². The van der Waals surface area contributed by atoms with E-state index in [2.05, 4.69) is 18.3 Å². The standard InChI is InChI=1S/C14H21NO2/c1-4-12-6-5-7-13(10-12)17-9-8-14(16)15-11(2)3/h5-7,10-11H,4,8-9H2,1-3H3,(H,15,16). The predicted octanol–water partition coefficient (Wildman–Crippen LogP) is 2.54. The van der Waals surface area contributed by atoms with Crippen LogP contribution in [0, 0.1) is 0 Å². The van der Waals surface area contributed by atoms with E-state index < -0.39 is 0 Å². The molecule has 0 heterocycles. The Bertz CT molecular complexity index is 361. The fraction of sp³-hybridized carbons (Fsp3) is 0.500. The fourth-order valence-electron chi connectivity index (χ4n) is 1.51. The third kappa shape index (κ3) is 5.38. The topological polar surface area (TPSA) is 38.3 Å². The van der Waals surface area contributed by atoms with Gasteiger partial charge in [-0.05, 0) is 38.0 Å². The largest absolute Gasteiger partial charge is 0.493 e. The molecule has 0 spiro atoms. The number of carbonyl (C=O) groups is 1. The zero-order valence-corrected chi connectivity index (χ0v) is 10.8. The van der Waals surface area contributed by atoms with E-state index in [0.29, 0.717) is 13.0 Å². The summed E-state index contributed by atoms with van der Waals surface area (Å²) in [5, 5.41) is 2.83. The third-order valence-electron chi connectivity index (χ3n) is 2.35. The maximum Gasteiger partial charge on any atom is 0.223 e. The molecule has 17 heavy (non-hydrogen) atoms. The van der Waals surface area contributed by atoms with E-state index in [4.69, 9.17) is 4.74 Å². The van der Waals surface area contributed by atoms with Crippen LogP contribution in [0.1, 0.15) is 32.8 Å². The van der Waals surface area contributed by atoms with E-state index in [1.165, 1.54) is 5.56 Å². The molecule has 1 aromatic rings. The lowest BCUT2D eigenvalue weighted by Crippen LogP contribution is -2.31. The first kappa shape index (κ1) is 13.6. The van der Waals surface area contributed by atoms with Gasteiger partial charge >= 0.3 is 0 Å². The molecule has 94 valence electrons. The van der Waals surface area contributed by atoms with Crippen LogP contribution >= 0.6 is 0 Å². The molecule has 1 aromatic carbocycles. The van der Waals surface area contributed by atoms with Crippen LogP contribution in [-0.2, 0) is 11.2 Å². The molecule has 0 unspecified atom stereocenters. The number of aryl methyl sites for hydroxylation is 1. The predicted molar refractivity (Wildman–Crippen MR) is 69.2 cm³/mol. The molecule has 0 atom stereocenters. The number of amides is 1. The van der Waals surface area contributed by atoms with Crippen molar-refractivity contribution in [2.24, 2.45) is 0 Å². The van der Waals surface area contributed by atoms with Crippen molar-refractivity contribution in [2.75, 3.05) is 6.61 Å². The van der Waals surface area contributed by atoms with Crippen molar-refractivity contribution in [1.82, 2.24) is 5.32 Å². The quantitative estimate of drug-likeness (QED) is 0.823. The first-order valence-corrected chi connectivity index (χ1v) is 6.13. The number of carbonyl (C=O) groups excluding carboxylic acids is 1. The Morgan fingerprint density at radius 3 is 2.82 bits per heavy atom. The van der Waals surface area contributed by atoms with Crippen LogP contribution in [0.25, 0.3) is 0 Å². The molecule has 0 radical (unpaired) electrons. The lowest BCUT2D eigenvalue weighted by atomic mass is 10.2. The van der Waals surface area contributed by atoms with Gasteiger partial charge in [0.2, 0.25) is 5.91 Å². The average Bonchev–Trinajstić information content (AvgIpc) is 2.28. The Morgan fingerprint density at radius 1 is 1.41 bits per heavy atom. The van der Waals surface area contributed by atoms with Gasteiger partial charge in [0.1, 0.15) is 5.75 Å². The lowest BCUT2D eigenvalue weighted by Gasteiger charge is -2.09. The van der Waals surface area contributed by atoms with E-state index in [-0.39, 0.29) is 11.9 Å². The molecule has 0 aliphatic rings. The molecule has 0 aliphatic heterocycles. The zero-order valence-electron chi connectivity index (χ0n) is 10.8. The minimum atomic E-state index is 0.0339. The van der Waals surface area contributed by atoms with Gasteiger partial charge in [0.15, 0.2) is 0 Å². The highest BCUT2D eigenvalue weighted by Gasteiger charge is 2.03. The summed E-state index contributed by atoms with van der Waals surface area (Å²) in [5.41, 5.74) is 1.24. The molecule has 0 aromatic heterocycles. The van der Waals surface area contributed by atoms with Crippen molar-refractivity contribution in [3.63, 3.8) is 0 Å². The Hall–Kier alpha value is -1.51. The van der Waals surface area contributed by atoms with Gasteiger partial charge in [-0.3, -0.25) is 4.79 Å². The number of ether oxygens (including phenoxy) is 1. The second kappa shape index (κ2) is 6.94. The van der Waals surface area contributed by atoms with Crippen LogP contribution in [0.15, 0.2) is 24.3 Å². The highest BCUT2D eigenvalue weighted by Crippen LogP contribution is 2.13. The Kier molecular flexibility index (Phi) is 5.53. The summed E-state index contributed by atoms with van der Waals surface area (Å²) in [7, 11) is 0. The maximum absolute atomic E-state index is 11.4. The third-order valence-corrected chi connectivity index (χ3v) is 2.35. The van der Waals surface area contributed by atoms with E-state index in [9.17, 15) is 4.79 Å². The molecule has 0 bridgehead atoms. The van der Waals surface area contributed by atoms with Crippen LogP contribution in [0.3, 0.4) is 0 Å². The van der Waals surface area contributed by atoms with Crippen LogP contribution in [0.5, 0.6) is 5.75 Å². The zero-order chi connectivity index (χ0) is 12.7. The fourth-order valence-corrected chi connectivity index (χ4v) is 1.51. The number of rotatable bonds is 6. The molecule has 3 nitrogen and oxygen atoms in total. The molecular weight excluding hydrogens is 214 g/mol. The second-order valence-electron chi connectivity index (χ2n) is 4.32. The summed E-state index contributed by atoms with van der Waals surface area (Å²) < 4.78 is 5.54. The molecule has 0 saturated carbocycles. The summed E-state index contributed by atoms with van der Waals surface area (Å²) in [5.74, 6) is 0.869. The molecule has 1 rings (SSSR count). The lowest BCUT2D eigenvalue weighted by molar-refractivity contribution is -0.122. The van der Waals surface area contributed by atoms with Gasteiger partial charge < -0.3 is 10.1 Å². The van der Waals surface area contributed by atoms with Gasteiger partial charge in [0.05, 0.1) is 13.0 Å². The summed E-state index contributed by atoms with van der Waals surface area (Å²) >= 11 is 0. The number of hydrogen-bond acceptors (Lipinski definition) is 2. The summed E-state index contributed by atoms with van der Waals surface area (Å²) in [4.78, 5) is 11.4. The van der Waals surface area contributed by atoms with Gasteiger partial charge in [-0.2, -0.15) is 0 Å². The molecule has 0 fully saturated rings. The molecule has 1 amide bonds. The minimum Gasteiger partial charge on any atom is -0.493 e. The normalized spacial score (nSPS) is 10.4. The SMILES string of the molecule is CCc1cccc(OCCC(=O)NC(C)C)c1. The molecule has 0 aliphatic carbocycles. The van der Waals surface area contributed by atoms with Gasteiger partial charge in [-0.25, -0.2) is 0 Å². The van der Waals surface area contributed by atoms with Gasteiger partial charge in [-0.15, -0.1) is 0 Å². The highest BCUT2D eigenvalue weighted by atomic mass is 16.5. The number of benzene rings is 1. The number of nitrogens with one attached hydrogen (secondary N) is 1. The van der Waals surface area contributed by atoms with E-state index in [1.54, 1.807) is 0 Å². The molecular formula is C14H21NO2. The van der Waals surface area contributed by atoms with E-state index >= 15 is 0 Å². The summed E-state index contributed by atoms with van der Waals surface area (Å²) in [6.07, 6.45) is 1.39. The van der Waals surface area contributed by atoms with Crippen molar-refractivity contribution < 1.29 is 9.53 Å². The Balaban J connectivity index is 2.32. The Morgan fingerprint density at radius 2 is 2.18 bits per heavy atom. The summed E-state index contributed by atoms with van der Waals surface area (Å²) in [6.45, 7) is 6.42. The second-order valence-corrected chi connectivity index (χ2v) is 4.32. The van der Waals surface area contributed by atoms with E-state index in [0.717, 1.165) is 12.2 Å². The van der Waals surface area contributed by atoms with Crippen molar-refractivity contribution in [3.8, 4) is 5.75 Å². The van der Waals surface area contributed by atoms with Crippen molar-refractivity contribution in [1.29, 1.82) is 0 Å². The minimum absolute atomic E-state index is 0.0339. The van der Waals surface area contributed by atoms with Gasteiger partial charge in [-0.1, -0.05) is 19.1 Å². The first-order chi connectivity index (χ1) is 8.11. The van der Waals surface area contributed by atoms with Crippen LogP contribution in [0.4, 0.5) is 0 Å². The first-order valence-electron chi connectivity index (χ1n) is 6.13. The molecule has 0 saturated heterocycles. The summed E-state index contributed by atoms with van der Waals surface area (Å²) in [6, 6.07) is 8.16. The van der Waals surface area contributed by atoms with E-state index in [1.807, 2.05) is 32.0 Å². The van der Waals surface area contributed by atoms with Crippen LogP contribution in [0.2, 0.25) is 0 Å². The maximum atomic E-state index is 11.4. The molecule has 3 heteroatoms.